The van der Waals surface area contributed by atoms with E-state index in [9.17, 15) is 0 Å². The van der Waals surface area contributed by atoms with Crippen molar-refractivity contribution in [3.05, 3.63) is 58.3 Å². The standard InChI is InChI=1S/C17H23NS/c1-3-17(18,16-10-7-13-19-16)12-11-14(2)15-8-5-4-6-9-15/h4-10,13-14H,3,11-12,18H2,1-2H3. The minimum atomic E-state index is -0.156. The number of rotatable bonds is 6. The number of nitrogens with two attached hydrogens (primary N) is 1. The second-order valence-electron chi connectivity index (χ2n) is 5.34. The molecule has 0 aliphatic heterocycles. The predicted molar refractivity (Wildman–Crippen MR) is 84.6 cm³/mol. The van der Waals surface area contributed by atoms with Gasteiger partial charge in [0.05, 0.1) is 5.54 Å². The summed E-state index contributed by atoms with van der Waals surface area (Å²) >= 11 is 1.78. The molecule has 2 atom stereocenters. The molecule has 0 aliphatic rings. The van der Waals surface area contributed by atoms with E-state index >= 15 is 0 Å². The third-order valence-electron chi connectivity index (χ3n) is 4.03. The summed E-state index contributed by atoms with van der Waals surface area (Å²) < 4.78 is 0. The lowest BCUT2D eigenvalue weighted by atomic mass is 9.85. The van der Waals surface area contributed by atoms with Gasteiger partial charge >= 0.3 is 0 Å². The van der Waals surface area contributed by atoms with Crippen LogP contribution in [0.3, 0.4) is 0 Å². The first-order chi connectivity index (χ1) is 9.15. The van der Waals surface area contributed by atoms with Gasteiger partial charge in [0.25, 0.3) is 0 Å². The van der Waals surface area contributed by atoms with E-state index in [-0.39, 0.29) is 5.54 Å². The molecule has 1 nitrogen and oxygen atoms in total. The Morgan fingerprint density at radius 1 is 1.16 bits per heavy atom. The maximum absolute atomic E-state index is 6.60. The highest BCUT2D eigenvalue weighted by molar-refractivity contribution is 7.10. The molecule has 0 amide bonds. The van der Waals surface area contributed by atoms with Gasteiger partial charge in [-0.05, 0) is 42.2 Å². The van der Waals surface area contributed by atoms with Crippen molar-refractivity contribution in [3.8, 4) is 0 Å². The first kappa shape index (κ1) is 14.3. The van der Waals surface area contributed by atoms with Gasteiger partial charge in [0.1, 0.15) is 0 Å². The van der Waals surface area contributed by atoms with Crippen LogP contribution in [-0.2, 0) is 5.54 Å². The molecular formula is C17H23NS. The SMILES string of the molecule is CCC(N)(CCC(C)c1ccccc1)c1cccs1. The Morgan fingerprint density at radius 3 is 2.47 bits per heavy atom. The van der Waals surface area contributed by atoms with Crippen molar-refractivity contribution in [3.63, 3.8) is 0 Å². The Bertz CT molecular complexity index is 477. The average molecular weight is 273 g/mol. The van der Waals surface area contributed by atoms with Crippen LogP contribution in [0.5, 0.6) is 0 Å². The molecule has 1 aromatic carbocycles. The normalized spacial score (nSPS) is 15.9. The molecule has 0 spiro atoms. The molecule has 2 rings (SSSR count). The maximum atomic E-state index is 6.60. The molecule has 0 aliphatic carbocycles. The van der Waals surface area contributed by atoms with Crippen LogP contribution in [0.25, 0.3) is 0 Å². The van der Waals surface area contributed by atoms with Crippen molar-refractivity contribution in [1.82, 2.24) is 0 Å². The van der Waals surface area contributed by atoms with Crippen LogP contribution in [0.4, 0.5) is 0 Å². The van der Waals surface area contributed by atoms with Crippen LogP contribution in [-0.4, -0.2) is 0 Å². The van der Waals surface area contributed by atoms with Crippen molar-refractivity contribution in [2.75, 3.05) is 0 Å². The summed E-state index contributed by atoms with van der Waals surface area (Å²) in [6.45, 7) is 4.48. The summed E-state index contributed by atoms with van der Waals surface area (Å²) in [6, 6.07) is 15.0. The topological polar surface area (TPSA) is 26.0 Å². The molecule has 0 saturated heterocycles. The Kier molecular flexibility index (Phi) is 4.78. The number of hydrogen-bond acceptors (Lipinski definition) is 2. The molecule has 0 fully saturated rings. The summed E-state index contributed by atoms with van der Waals surface area (Å²) in [7, 11) is 0. The summed E-state index contributed by atoms with van der Waals surface area (Å²) in [5, 5.41) is 2.12. The molecule has 102 valence electrons. The lowest BCUT2D eigenvalue weighted by Gasteiger charge is -2.28. The highest BCUT2D eigenvalue weighted by Gasteiger charge is 2.26. The molecule has 0 bridgehead atoms. The fourth-order valence-electron chi connectivity index (χ4n) is 2.46. The van der Waals surface area contributed by atoms with Gasteiger partial charge in [0.15, 0.2) is 0 Å². The molecule has 2 unspecified atom stereocenters. The van der Waals surface area contributed by atoms with Crippen molar-refractivity contribution in [2.45, 2.75) is 44.6 Å². The molecule has 1 aromatic heterocycles. The van der Waals surface area contributed by atoms with E-state index in [0.29, 0.717) is 5.92 Å². The van der Waals surface area contributed by atoms with Crippen LogP contribution in [0.15, 0.2) is 47.8 Å². The van der Waals surface area contributed by atoms with Crippen molar-refractivity contribution >= 4 is 11.3 Å². The van der Waals surface area contributed by atoms with Crippen LogP contribution in [0.2, 0.25) is 0 Å². The van der Waals surface area contributed by atoms with Crippen LogP contribution >= 0.6 is 11.3 Å². The van der Waals surface area contributed by atoms with Crippen molar-refractivity contribution in [1.29, 1.82) is 0 Å². The highest BCUT2D eigenvalue weighted by Crippen LogP contribution is 2.33. The summed E-state index contributed by atoms with van der Waals surface area (Å²) in [5.41, 5.74) is 7.85. The summed E-state index contributed by atoms with van der Waals surface area (Å²) in [6.07, 6.45) is 3.17. The van der Waals surface area contributed by atoms with Crippen molar-refractivity contribution in [2.24, 2.45) is 5.73 Å². The molecule has 2 aromatic rings. The fourth-order valence-corrected chi connectivity index (χ4v) is 3.40. The van der Waals surface area contributed by atoms with E-state index in [1.807, 2.05) is 0 Å². The lowest BCUT2D eigenvalue weighted by molar-refractivity contribution is 0.376. The van der Waals surface area contributed by atoms with E-state index in [1.54, 1.807) is 11.3 Å². The Labute approximate surface area is 120 Å². The molecular weight excluding hydrogens is 250 g/mol. The molecule has 0 radical (unpaired) electrons. The number of thiophene rings is 1. The van der Waals surface area contributed by atoms with E-state index in [1.165, 1.54) is 10.4 Å². The van der Waals surface area contributed by atoms with Gasteiger partial charge in [-0.25, -0.2) is 0 Å². The van der Waals surface area contributed by atoms with E-state index in [0.717, 1.165) is 19.3 Å². The average Bonchev–Trinajstić information content (AvgIpc) is 3.00. The number of benzene rings is 1. The van der Waals surface area contributed by atoms with Gasteiger partial charge in [-0.15, -0.1) is 11.3 Å². The lowest BCUT2D eigenvalue weighted by Crippen LogP contribution is -2.35. The van der Waals surface area contributed by atoms with Gasteiger partial charge in [-0.1, -0.05) is 50.2 Å². The quantitative estimate of drug-likeness (QED) is 0.796. The highest BCUT2D eigenvalue weighted by atomic mass is 32.1. The van der Waals surface area contributed by atoms with Gasteiger partial charge < -0.3 is 5.73 Å². The third-order valence-corrected chi connectivity index (χ3v) is 5.12. The second-order valence-corrected chi connectivity index (χ2v) is 6.29. The van der Waals surface area contributed by atoms with E-state index in [2.05, 4.69) is 61.7 Å². The molecule has 0 saturated carbocycles. The van der Waals surface area contributed by atoms with E-state index in [4.69, 9.17) is 5.73 Å². The molecule has 19 heavy (non-hydrogen) atoms. The maximum Gasteiger partial charge on any atom is 0.0501 e. The number of hydrogen-bond donors (Lipinski definition) is 1. The zero-order valence-electron chi connectivity index (χ0n) is 11.8. The Morgan fingerprint density at radius 2 is 1.89 bits per heavy atom. The third kappa shape index (κ3) is 3.46. The van der Waals surface area contributed by atoms with Gasteiger partial charge in [-0.3, -0.25) is 0 Å². The molecule has 2 N–H and O–H groups in total. The summed E-state index contributed by atoms with van der Waals surface area (Å²) in [5.74, 6) is 0.565. The smallest absolute Gasteiger partial charge is 0.0501 e. The van der Waals surface area contributed by atoms with Gasteiger partial charge in [0, 0.05) is 4.88 Å². The predicted octanol–water partition coefficient (Wildman–Crippen LogP) is 4.90. The van der Waals surface area contributed by atoms with E-state index < -0.39 is 0 Å². The Hall–Kier alpha value is -1.12. The minimum absolute atomic E-state index is 0.156. The van der Waals surface area contributed by atoms with Crippen LogP contribution < -0.4 is 5.73 Å². The second kappa shape index (κ2) is 6.36. The first-order valence-corrected chi connectivity index (χ1v) is 7.91. The summed E-state index contributed by atoms with van der Waals surface area (Å²) in [4.78, 5) is 1.32. The molecule has 1 heterocycles. The minimum Gasteiger partial charge on any atom is -0.321 e. The Balaban J connectivity index is 2.01. The monoisotopic (exact) mass is 273 g/mol. The largest absolute Gasteiger partial charge is 0.321 e. The first-order valence-electron chi connectivity index (χ1n) is 7.03. The van der Waals surface area contributed by atoms with Crippen molar-refractivity contribution < 1.29 is 0 Å². The molecule has 2 heteroatoms. The van der Waals surface area contributed by atoms with Gasteiger partial charge in [-0.2, -0.15) is 0 Å². The zero-order chi connectivity index (χ0) is 13.7. The fraction of sp³-hybridized carbons (Fsp3) is 0.412. The van der Waals surface area contributed by atoms with Gasteiger partial charge in [0.2, 0.25) is 0 Å². The zero-order valence-corrected chi connectivity index (χ0v) is 12.6. The van der Waals surface area contributed by atoms with Crippen LogP contribution in [0.1, 0.15) is 49.5 Å². The van der Waals surface area contributed by atoms with Crippen LogP contribution in [0, 0.1) is 0 Å².